The highest BCUT2D eigenvalue weighted by molar-refractivity contribution is 6.08. The highest BCUT2D eigenvalue weighted by atomic mass is 14.6. The Morgan fingerprint density at radius 3 is 2.00 bits per heavy atom. The maximum atomic E-state index is 5.67. The Morgan fingerprint density at radius 1 is 1.17 bits per heavy atom. The minimum absolute atomic E-state index is 0.634. The topological polar surface area (TPSA) is 12.9 Å². The average molecular weight is 159 g/mol. The van der Waals surface area contributed by atoms with Crippen molar-refractivity contribution in [2.75, 3.05) is 0 Å². The maximum absolute atomic E-state index is 5.67. The van der Waals surface area contributed by atoms with Crippen LogP contribution in [0, 0.1) is 0 Å². The predicted molar refractivity (Wildman–Crippen MR) is 52.5 cm³/mol. The first-order valence-corrected chi connectivity index (χ1v) is 4.48. The predicted octanol–water partition coefficient (Wildman–Crippen LogP) is 1.87. The third-order valence-corrected chi connectivity index (χ3v) is 2.20. The summed E-state index contributed by atoms with van der Waals surface area (Å²) < 4.78 is 0. The van der Waals surface area contributed by atoms with Crippen LogP contribution < -0.4 is 0 Å². The van der Waals surface area contributed by atoms with Gasteiger partial charge in [-0.15, -0.1) is 0 Å². The van der Waals surface area contributed by atoms with Crippen molar-refractivity contribution in [2.24, 2.45) is 0 Å². The fourth-order valence-electron chi connectivity index (χ4n) is 1.45. The van der Waals surface area contributed by atoms with Crippen LogP contribution in [0.1, 0.15) is 30.5 Å². The summed E-state index contributed by atoms with van der Waals surface area (Å²) in [6, 6.07) is 0. The van der Waals surface area contributed by atoms with Crippen molar-refractivity contribution in [3.8, 4) is 0 Å². The van der Waals surface area contributed by atoms with Crippen LogP contribution in [-0.2, 0) is 19.2 Å². The molecule has 1 aromatic heterocycles. The van der Waals surface area contributed by atoms with Crippen molar-refractivity contribution >= 4 is 7.85 Å². The molecule has 62 valence electrons. The van der Waals surface area contributed by atoms with Crippen LogP contribution in [0.2, 0.25) is 0 Å². The lowest BCUT2D eigenvalue weighted by Crippen LogP contribution is -2.00. The maximum Gasteiger partial charge on any atom is 0.0716 e. The fourth-order valence-corrected chi connectivity index (χ4v) is 1.45. The Morgan fingerprint density at radius 2 is 1.67 bits per heavy atom. The van der Waals surface area contributed by atoms with Crippen LogP contribution in [-0.4, -0.2) is 12.8 Å². The van der Waals surface area contributed by atoms with E-state index in [9.17, 15) is 0 Å². The van der Waals surface area contributed by atoms with Crippen LogP contribution in [0.5, 0.6) is 0 Å². The molecule has 0 bridgehead atoms. The van der Waals surface area contributed by atoms with E-state index in [1.165, 1.54) is 16.7 Å². The standard InChI is InChI=1S/C10H14BN/c1-3-8-6-12-7-9(4-2)10(8)5-11/h6-7H,3-5H2,1-2H3. The molecule has 12 heavy (non-hydrogen) atoms. The first-order valence-electron chi connectivity index (χ1n) is 4.48. The molecular formula is C10H14BN. The third kappa shape index (κ3) is 1.68. The molecule has 2 radical (unpaired) electrons. The number of rotatable bonds is 3. The first-order chi connectivity index (χ1) is 5.83. The van der Waals surface area contributed by atoms with Gasteiger partial charge in [0.2, 0.25) is 0 Å². The van der Waals surface area contributed by atoms with Gasteiger partial charge in [-0.1, -0.05) is 20.2 Å². The molecule has 0 aliphatic rings. The van der Waals surface area contributed by atoms with Gasteiger partial charge in [-0.05, 0) is 29.5 Å². The summed E-state index contributed by atoms with van der Waals surface area (Å²) in [6.07, 6.45) is 6.51. The molecule has 0 aliphatic carbocycles. The number of aryl methyl sites for hydroxylation is 2. The summed E-state index contributed by atoms with van der Waals surface area (Å²) in [5, 5.41) is 0. The number of pyridine rings is 1. The molecule has 1 heterocycles. The van der Waals surface area contributed by atoms with Crippen molar-refractivity contribution in [3.05, 3.63) is 29.1 Å². The minimum atomic E-state index is 0.634. The SMILES string of the molecule is [B]Cc1c(CC)cncc1CC. The van der Waals surface area contributed by atoms with Crippen molar-refractivity contribution in [1.29, 1.82) is 0 Å². The Bertz CT molecular complexity index is 236. The van der Waals surface area contributed by atoms with Crippen LogP contribution in [0.4, 0.5) is 0 Å². The van der Waals surface area contributed by atoms with Gasteiger partial charge in [-0.25, -0.2) is 0 Å². The molecule has 0 aliphatic heterocycles. The van der Waals surface area contributed by atoms with E-state index in [0.29, 0.717) is 6.32 Å². The molecule has 1 nitrogen and oxygen atoms in total. The largest absolute Gasteiger partial charge is 0.264 e. The summed E-state index contributed by atoms with van der Waals surface area (Å²) >= 11 is 0. The molecule has 1 aromatic rings. The molecule has 0 spiro atoms. The smallest absolute Gasteiger partial charge is 0.0716 e. The van der Waals surface area contributed by atoms with Gasteiger partial charge in [-0.3, -0.25) is 4.98 Å². The molecule has 0 aromatic carbocycles. The van der Waals surface area contributed by atoms with Crippen LogP contribution >= 0.6 is 0 Å². The Kier molecular flexibility index (Phi) is 3.33. The molecule has 0 unspecified atom stereocenters. The van der Waals surface area contributed by atoms with Gasteiger partial charge in [0.15, 0.2) is 0 Å². The van der Waals surface area contributed by atoms with Gasteiger partial charge in [0.05, 0.1) is 7.85 Å². The monoisotopic (exact) mass is 159 g/mol. The van der Waals surface area contributed by atoms with Gasteiger partial charge in [0.25, 0.3) is 0 Å². The molecule has 0 N–H and O–H groups in total. The highest BCUT2D eigenvalue weighted by Gasteiger charge is 2.03. The lowest BCUT2D eigenvalue weighted by Gasteiger charge is -2.09. The van der Waals surface area contributed by atoms with E-state index in [2.05, 4.69) is 18.8 Å². The van der Waals surface area contributed by atoms with E-state index in [-0.39, 0.29) is 0 Å². The third-order valence-electron chi connectivity index (χ3n) is 2.20. The van der Waals surface area contributed by atoms with E-state index in [4.69, 9.17) is 7.85 Å². The summed E-state index contributed by atoms with van der Waals surface area (Å²) in [7, 11) is 5.67. The molecule has 0 amide bonds. The van der Waals surface area contributed by atoms with E-state index in [1.54, 1.807) is 0 Å². The van der Waals surface area contributed by atoms with E-state index >= 15 is 0 Å². The number of aromatic nitrogens is 1. The van der Waals surface area contributed by atoms with Crippen LogP contribution in [0.3, 0.4) is 0 Å². The Balaban J connectivity index is 3.13. The van der Waals surface area contributed by atoms with E-state index in [1.807, 2.05) is 12.4 Å². The fraction of sp³-hybridized carbons (Fsp3) is 0.500. The Hall–Kier alpha value is -0.785. The van der Waals surface area contributed by atoms with Gasteiger partial charge in [0, 0.05) is 12.4 Å². The van der Waals surface area contributed by atoms with Gasteiger partial charge >= 0.3 is 0 Å². The second-order valence-electron chi connectivity index (χ2n) is 2.85. The van der Waals surface area contributed by atoms with E-state index in [0.717, 1.165) is 12.8 Å². The van der Waals surface area contributed by atoms with Crippen LogP contribution in [0.25, 0.3) is 0 Å². The Labute approximate surface area is 75.6 Å². The van der Waals surface area contributed by atoms with Crippen LogP contribution in [0.15, 0.2) is 12.4 Å². The number of hydrogen-bond acceptors (Lipinski definition) is 1. The molecule has 0 saturated heterocycles. The number of nitrogens with zero attached hydrogens (tertiary/aromatic N) is 1. The average Bonchev–Trinajstić information content (AvgIpc) is 2.16. The molecular weight excluding hydrogens is 145 g/mol. The van der Waals surface area contributed by atoms with Crippen molar-refractivity contribution < 1.29 is 0 Å². The van der Waals surface area contributed by atoms with Gasteiger partial charge in [0.1, 0.15) is 0 Å². The summed E-state index contributed by atoms with van der Waals surface area (Å²) in [5.41, 5.74) is 3.86. The van der Waals surface area contributed by atoms with Crippen molar-refractivity contribution in [2.45, 2.75) is 33.0 Å². The second-order valence-corrected chi connectivity index (χ2v) is 2.85. The second kappa shape index (κ2) is 4.29. The lowest BCUT2D eigenvalue weighted by atomic mass is 9.89. The summed E-state index contributed by atoms with van der Waals surface area (Å²) in [4.78, 5) is 4.18. The number of hydrogen-bond donors (Lipinski definition) is 0. The summed E-state index contributed by atoms with van der Waals surface area (Å²) in [5.74, 6) is 0. The minimum Gasteiger partial charge on any atom is -0.264 e. The lowest BCUT2D eigenvalue weighted by molar-refractivity contribution is 0.998. The molecule has 1 rings (SSSR count). The van der Waals surface area contributed by atoms with Gasteiger partial charge in [-0.2, -0.15) is 0 Å². The van der Waals surface area contributed by atoms with Crippen molar-refractivity contribution in [1.82, 2.24) is 4.98 Å². The molecule has 0 saturated carbocycles. The summed E-state index contributed by atoms with van der Waals surface area (Å²) in [6.45, 7) is 4.27. The highest BCUT2D eigenvalue weighted by Crippen LogP contribution is 2.14. The van der Waals surface area contributed by atoms with Gasteiger partial charge < -0.3 is 0 Å². The molecule has 0 fully saturated rings. The quantitative estimate of drug-likeness (QED) is 0.613. The first kappa shape index (κ1) is 9.30. The molecule has 0 atom stereocenters. The zero-order valence-electron chi connectivity index (χ0n) is 7.80. The normalized spacial score (nSPS) is 10.2. The zero-order chi connectivity index (χ0) is 8.97. The zero-order valence-corrected chi connectivity index (χ0v) is 7.80. The van der Waals surface area contributed by atoms with E-state index < -0.39 is 0 Å². The molecule has 2 heteroatoms. The van der Waals surface area contributed by atoms with Crippen molar-refractivity contribution in [3.63, 3.8) is 0 Å².